The molecule has 22 heavy (non-hydrogen) atoms. The number of carbonyl (C=O) groups excluding carboxylic acids is 1. The number of aliphatic imine (C=N–C) groups is 1. The summed E-state index contributed by atoms with van der Waals surface area (Å²) in [6.45, 7) is 1.35. The lowest BCUT2D eigenvalue weighted by Gasteiger charge is -2.08. The lowest BCUT2D eigenvalue weighted by atomic mass is 10.2. The largest absolute Gasteiger partial charge is 0.497 e. The van der Waals surface area contributed by atoms with Crippen molar-refractivity contribution in [3.8, 4) is 17.2 Å². The van der Waals surface area contributed by atoms with Gasteiger partial charge in [-0.1, -0.05) is 0 Å². The molecule has 0 radical (unpaired) electrons. The van der Waals surface area contributed by atoms with Gasteiger partial charge in [-0.05, 0) is 48.0 Å². The number of methoxy groups -OCH3 is 2. The molecule has 0 aliphatic heterocycles. The van der Waals surface area contributed by atoms with Crippen LogP contribution in [0.25, 0.3) is 0 Å². The number of hydrogen-bond donors (Lipinski definition) is 0. The zero-order valence-electron chi connectivity index (χ0n) is 12.7. The minimum absolute atomic E-state index is 0.386. The van der Waals surface area contributed by atoms with Crippen LogP contribution in [0.2, 0.25) is 0 Å². The van der Waals surface area contributed by atoms with E-state index in [1.54, 1.807) is 31.5 Å². The quantitative estimate of drug-likeness (QED) is 0.482. The van der Waals surface area contributed by atoms with E-state index in [1.165, 1.54) is 14.0 Å². The molecule has 0 aromatic heterocycles. The number of ether oxygens (including phenoxy) is 3. The second kappa shape index (κ2) is 7.26. The number of nitrogens with zero attached hydrogens (tertiary/aromatic N) is 1. The van der Waals surface area contributed by atoms with Gasteiger partial charge in [0.1, 0.15) is 5.75 Å². The summed E-state index contributed by atoms with van der Waals surface area (Å²) in [6, 6.07) is 12.6. The van der Waals surface area contributed by atoms with E-state index in [9.17, 15) is 4.79 Å². The summed E-state index contributed by atoms with van der Waals surface area (Å²) in [4.78, 5) is 15.4. The molecule has 0 aliphatic carbocycles. The van der Waals surface area contributed by atoms with E-state index in [2.05, 4.69) is 4.99 Å². The van der Waals surface area contributed by atoms with Crippen molar-refractivity contribution >= 4 is 17.9 Å². The Morgan fingerprint density at radius 3 is 2.32 bits per heavy atom. The summed E-state index contributed by atoms with van der Waals surface area (Å²) in [5.41, 5.74) is 1.65. The van der Waals surface area contributed by atoms with Gasteiger partial charge >= 0.3 is 5.97 Å². The predicted octanol–water partition coefficient (Wildman–Crippen LogP) is 3.38. The smallest absolute Gasteiger partial charge is 0.308 e. The molecule has 0 aliphatic rings. The van der Waals surface area contributed by atoms with Crippen LogP contribution in [0, 0.1) is 0 Å². The number of hydrogen-bond acceptors (Lipinski definition) is 5. The highest BCUT2D eigenvalue weighted by molar-refractivity contribution is 5.83. The van der Waals surface area contributed by atoms with Gasteiger partial charge in [0.25, 0.3) is 0 Å². The van der Waals surface area contributed by atoms with Crippen molar-refractivity contribution in [2.75, 3.05) is 14.2 Å². The second-order valence-corrected chi connectivity index (χ2v) is 4.46. The van der Waals surface area contributed by atoms with E-state index in [0.29, 0.717) is 11.5 Å². The number of carbonyl (C=O) groups is 1. The van der Waals surface area contributed by atoms with Gasteiger partial charge in [-0.15, -0.1) is 0 Å². The van der Waals surface area contributed by atoms with Crippen LogP contribution in [0.3, 0.4) is 0 Å². The van der Waals surface area contributed by atoms with E-state index >= 15 is 0 Å². The third-order valence-corrected chi connectivity index (χ3v) is 2.88. The lowest BCUT2D eigenvalue weighted by molar-refractivity contribution is -0.132. The molecule has 0 atom stereocenters. The standard InChI is InChI=1S/C17H17NO4/c1-12(19)22-16-9-4-13(10-17(16)21-3)11-18-14-5-7-15(20-2)8-6-14/h4-11H,1-3H3. The highest BCUT2D eigenvalue weighted by Gasteiger charge is 2.07. The van der Waals surface area contributed by atoms with Crippen LogP contribution >= 0.6 is 0 Å². The molecule has 114 valence electrons. The van der Waals surface area contributed by atoms with Gasteiger partial charge in [0.05, 0.1) is 19.9 Å². The van der Waals surface area contributed by atoms with Crippen molar-refractivity contribution in [3.05, 3.63) is 48.0 Å². The molecule has 5 heteroatoms. The monoisotopic (exact) mass is 299 g/mol. The molecular weight excluding hydrogens is 282 g/mol. The third-order valence-electron chi connectivity index (χ3n) is 2.88. The van der Waals surface area contributed by atoms with Crippen molar-refractivity contribution in [2.24, 2.45) is 4.99 Å². The zero-order valence-corrected chi connectivity index (χ0v) is 12.7. The average Bonchev–Trinajstić information content (AvgIpc) is 2.54. The molecule has 0 N–H and O–H groups in total. The molecular formula is C17H17NO4. The van der Waals surface area contributed by atoms with Crippen LogP contribution < -0.4 is 14.2 Å². The maximum absolute atomic E-state index is 11.0. The van der Waals surface area contributed by atoms with Gasteiger partial charge in [-0.25, -0.2) is 0 Å². The van der Waals surface area contributed by atoms with Gasteiger partial charge in [0, 0.05) is 13.1 Å². The second-order valence-electron chi connectivity index (χ2n) is 4.46. The Kier molecular flexibility index (Phi) is 5.14. The normalized spacial score (nSPS) is 10.5. The van der Waals surface area contributed by atoms with Gasteiger partial charge in [-0.2, -0.15) is 0 Å². The number of rotatable bonds is 5. The first-order chi connectivity index (χ1) is 10.6. The topological polar surface area (TPSA) is 57.1 Å². The molecule has 0 spiro atoms. The van der Waals surface area contributed by atoms with Crippen LogP contribution in [0.15, 0.2) is 47.5 Å². The Hall–Kier alpha value is -2.82. The van der Waals surface area contributed by atoms with Gasteiger partial charge in [0.15, 0.2) is 11.5 Å². The molecule has 0 fully saturated rings. The Morgan fingerprint density at radius 2 is 1.73 bits per heavy atom. The first kappa shape index (κ1) is 15.6. The summed E-state index contributed by atoms with van der Waals surface area (Å²) in [5.74, 6) is 1.26. The zero-order chi connectivity index (χ0) is 15.9. The van der Waals surface area contributed by atoms with Crippen molar-refractivity contribution in [2.45, 2.75) is 6.92 Å². The predicted molar refractivity (Wildman–Crippen MR) is 84.6 cm³/mol. The molecule has 5 nitrogen and oxygen atoms in total. The number of esters is 1. The van der Waals surface area contributed by atoms with Crippen LogP contribution in [0.5, 0.6) is 17.2 Å². The minimum Gasteiger partial charge on any atom is -0.497 e. The summed E-state index contributed by atoms with van der Waals surface area (Å²) < 4.78 is 15.4. The molecule has 0 unspecified atom stereocenters. The van der Waals surface area contributed by atoms with Crippen LogP contribution in [0.4, 0.5) is 5.69 Å². The Balaban J connectivity index is 2.17. The van der Waals surface area contributed by atoms with Gasteiger partial charge in [-0.3, -0.25) is 9.79 Å². The highest BCUT2D eigenvalue weighted by atomic mass is 16.6. The van der Waals surface area contributed by atoms with Crippen molar-refractivity contribution in [3.63, 3.8) is 0 Å². The van der Waals surface area contributed by atoms with E-state index in [-0.39, 0.29) is 0 Å². The third kappa shape index (κ3) is 4.09. The van der Waals surface area contributed by atoms with Gasteiger partial charge in [0.2, 0.25) is 0 Å². The van der Waals surface area contributed by atoms with Crippen LogP contribution in [-0.2, 0) is 4.79 Å². The number of benzene rings is 2. The molecule has 0 amide bonds. The van der Waals surface area contributed by atoms with E-state index in [4.69, 9.17) is 14.2 Å². The van der Waals surface area contributed by atoms with Crippen LogP contribution in [0.1, 0.15) is 12.5 Å². The Bertz CT molecular complexity index is 678. The minimum atomic E-state index is -0.391. The summed E-state index contributed by atoms with van der Waals surface area (Å²) in [7, 11) is 3.14. The molecule has 0 saturated carbocycles. The molecule has 0 heterocycles. The summed E-state index contributed by atoms with van der Waals surface area (Å²) >= 11 is 0. The van der Waals surface area contributed by atoms with Crippen molar-refractivity contribution in [1.29, 1.82) is 0 Å². The molecule has 2 aromatic carbocycles. The fourth-order valence-electron chi connectivity index (χ4n) is 1.82. The Morgan fingerprint density at radius 1 is 1.00 bits per heavy atom. The van der Waals surface area contributed by atoms with Crippen molar-refractivity contribution in [1.82, 2.24) is 0 Å². The maximum atomic E-state index is 11.0. The average molecular weight is 299 g/mol. The van der Waals surface area contributed by atoms with Crippen molar-refractivity contribution < 1.29 is 19.0 Å². The molecule has 2 aromatic rings. The fraction of sp³-hybridized carbons (Fsp3) is 0.176. The van der Waals surface area contributed by atoms with E-state index < -0.39 is 5.97 Å². The molecule has 2 rings (SSSR count). The van der Waals surface area contributed by atoms with Crippen LogP contribution in [-0.4, -0.2) is 26.4 Å². The van der Waals surface area contributed by atoms with E-state index in [1.807, 2.05) is 24.3 Å². The highest BCUT2D eigenvalue weighted by Crippen LogP contribution is 2.28. The summed E-state index contributed by atoms with van der Waals surface area (Å²) in [5, 5.41) is 0. The lowest BCUT2D eigenvalue weighted by Crippen LogP contribution is -2.03. The Labute approximate surface area is 129 Å². The maximum Gasteiger partial charge on any atom is 0.308 e. The first-order valence-corrected chi connectivity index (χ1v) is 6.67. The van der Waals surface area contributed by atoms with E-state index in [0.717, 1.165) is 17.0 Å². The molecule has 0 bridgehead atoms. The SMILES string of the molecule is COc1ccc(N=Cc2ccc(OC(C)=O)c(OC)c2)cc1. The molecule has 0 saturated heterocycles. The fourth-order valence-corrected chi connectivity index (χ4v) is 1.82. The summed E-state index contributed by atoms with van der Waals surface area (Å²) in [6.07, 6.45) is 1.71. The van der Waals surface area contributed by atoms with Gasteiger partial charge < -0.3 is 14.2 Å². The first-order valence-electron chi connectivity index (χ1n) is 6.67.